The van der Waals surface area contributed by atoms with Gasteiger partial charge in [-0.3, -0.25) is 10.1 Å². The van der Waals surface area contributed by atoms with Crippen LogP contribution in [0.25, 0.3) is 11.3 Å². The predicted octanol–water partition coefficient (Wildman–Crippen LogP) is 1.72. The van der Waals surface area contributed by atoms with Crippen LogP contribution in [0.2, 0.25) is 0 Å². The molecular formula is C11H11N3O4. The van der Waals surface area contributed by atoms with Crippen molar-refractivity contribution >= 4 is 5.69 Å². The van der Waals surface area contributed by atoms with Gasteiger partial charge in [-0.2, -0.15) is 0 Å². The molecule has 7 heteroatoms. The van der Waals surface area contributed by atoms with Gasteiger partial charge in [0.15, 0.2) is 11.5 Å². The predicted molar refractivity (Wildman–Crippen MR) is 63.0 cm³/mol. The molecule has 94 valence electrons. The second-order valence-electron chi connectivity index (χ2n) is 3.47. The van der Waals surface area contributed by atoms with E-state index in [1.165, 1.54) is 25.4 Å². The molecule has 0 bridgehead atoms. The number of nitrogens with two attached hydrogens (primary N) is 1. The summed E-state index contributed by atoms with van der Waals surface area (Å²) in [7, 11) is 1.37. The average Bonchev–Trinajstić information content (AvgIpc) is 2.86. The fourth-order valence-electron chi connectivity index (χ4n) is 1.52. The fourth-order valence-corrected chi connectivity index (χ4v) is 1.52. The highest BCUT2D eigenvalue weighted by atomic mass is 16.6. The lowest BCUT2D eigenvalue weighted by Crippen LogP contribution is -1.95. The maximum Gasteiger partial charge on any atom is 0.310 e. The van der Waals surface area contributed by atoms with Gasteiger partial charge in [-0.1, -0.05) is 0 Å². The van der Waals surface area contributed by atoms with Crippen LogP contribution in [-0.2, 0) is 6.54 Å². The van der Waals surface area contributed by atoms with Crippen molar-refractivity contribution in [3.8, 4) is 17.1 Å². The first-order valence-electron chi connectivity index (χ1n) is 5.13. The van der Waals surface area contributed by atoms with Gasteiger partial charge in [0, 0.05) is 11.6 Å². The van der Waals surface area contributed by atoms with Crippen LogP contribution in [0.15, 0.2) is 28.8 Å². The van der Waals surface area contributed by atoms with Gasteiger partial charge in [-0.05, 0) is 12.1 Å². The number of ether oxygens (including phenoxy) is 1. The van der Waals surface area contributed by atoms with Gasteiger partial charge in [0.2, 0.25) is 5.89 Å². The second-order valence-corrected chi connectivity index (χ2v) is 3.47. The van der Waals surface area contributed by atoms with E-state index < -0.39 is 4.92 Å². The summed E-state index contributed by atoms with van der Waals surface area (Å²) in [6.07, 6.45) is 1.52. The SMILES string of the molecule is COc1cc(-c2cnc(CN)o2)ccc1[N+](=O)[O-]. The lowest BCUT2D eigenvalue weighted by molar-refractivity contribution is -0.385. The number of aromatic nitrogens is 1. The zero-order valence-corrected chi connectivity index (χ0v) is 9.62. The molecule has 0 saturated heterocycles. The van der Waals surface area contributed by atoms with Crippen LogP contribution < -0.4 is 10.5 Å². The molecule has 0 radical (unpaired) electrons. The van der Waals surface area contributed by atoms with Gasteiger partial charge >= 0.3 is 5.69 Å². The highest BCUT2D eigenvalue weighted by Crippen LogP contribution is 2.32. The standard InChI is InChI=1S/C11H11N3O4/c1-17-9-4-7(2-3-8(9)14(15)16)10-6-13-11(5-12)18-10/h2-4,6H,5,12H2,1H3. The number of oxazole rings is 1. The molecule has 1 aromatic carbocycles. The second kappa shape index (κ2) is 4.84. The minimum atomic E-state index is -0.506. The van der Waals surface area contributed by atoms with Crippen LogP contribution >= 0.6 is 0 Å². The lowest BCUT2D eigenvalue weighted by Gasteiger charge is -2.03. The summed E-state index contributed by atoms with van der Waals surface area (Å²) in [5.74, 6) is 1.06. The van der Waals surface area contributed by atoms with Gasteiger partial charge < -0.3 is 14.9 Å². The van der Waals surface area contributed by atoms with E-state index >= 15 is 0 Å². The zero-order chi connectivity index (χ0) is 13.1. The van der Waals surface area contributed by atoms with Crippen molar-refractivity contribution in [2.45, 2.75) is 6.54 Å². The van der Waals surface area contributed by atoms with E-state index in [0.29, 0.717) is 17.2 Å². The van der Waals surface area contributed by atoms with Crippen molar-refractivity contribution in [3.05, 3.63) is 40.4 Å². The highest BCUT2D eigenvalue weighted by molar-refractivity contribution is 5.63. The Morgan fingerprint density at radius 2 is 2.33 bits per heavy atom. The number of nitro benzene ring substituents is 1. The van der Waals surface area contributed by atoms with Crippen molar-refractivity contribution < 1.29 is 14.1 Å². The number of rotatable bonds is 4. The Morgan fingerprint density at radius 1 is 1.56 bits per heavy atom. The number of nitro groups is 1. The van der Waals surface area contributed by atoms with Crippen LogP contribution in [0.4, 0.5) is 5.69 Å². The molecule has 0 saturated carbocycles. The molecular weight excluding hydrogens is 238 g/mol. The Balaban J connectivity index is 2.43. The number of benzene rings is 1. The van der Waals surface area contributed by atoms with E-state index in [4.69, 9.17) is 14.9 Å². The maximum atomic E-state index is 10.8. The lowest BCUT2D eigenvalue weighted by atomic mass is 10.1. The number of methoxy groups -OCH3 is 1. The zero-order valence-electron chi connectivity index (χ0n) is 9.62. The van der Waals surface area contributed by atoms with Crippen LogP contribution in [-0.4, -0.2) is 17.0 Å². The first kappa shape index (κ1) is 12.1. The van der Waals surface area contributed by atoms with Gasteiger partial charge in [0.1, 0.15) is 0 Å². The summed E-state index contributed by atoms with van der Waals surface area (Å²) in [4.78, 5) is 14.2. The summed E-state index contributed by atoms with van der Waals surface area (Å²) in [6.45, 7) is 0.199. The third-order valence-corrected chi connectivity index (χ3v) is 2.39. The van der Waals surface area contributed by atoms with Gasteiger partial charge in [0.25, 0.3) is 0 Å². The molecule has 0 atom stereocenters. The molecule has 1 aromatic heterocycles. The first-order chi connectivity index (χ1) is 8.65. The monoisotopic (exact) mass is 249 g/mol. The van der Waals surface area contributed by atoms with Crippen molar-refractivity contribution in [3.63, 3.8) is 0 Å². The van der Waals surface area contributed by atoms with Crippen LogP contribution in [0.5, 0.6) is 5.75 Å². The Kier molecular flexibility index (Phi) is 3.24. The summed E-state index contributed by atoms with van der Waals surface area (Å²) in [6, 6.07) is 4.46. The van der Waals surface area contributed by atoms with Gasteiger partial charge in [-0.25, -0.2) is 4.98 Å². The summed E-state index contributed by atoms with van der Waals surface area (Å²) >= 11 is 0. The van der Waals surface area contributed by atoms with Crippen molar-refractivity contribution in [2.24, 2.45) is 5.73 Å². The molecule has 1 heterocycles. The third-order valence-electron chi connectivity index (χ3n) is 2.39. The van der Waals surface area contributed by atoms with Crippen molar-refractivity contribution in [1.29, 1.82) is 0 Å². The molecule has 0 aliphatic rings. The molecule has 0 amide bonds. The summed E-state index contributed by atoms with van der Waals surface area (Å²) < 4.78 is 10.3. The van der Waals surface area contributed by atoms with Gasteiger partial charge in [0.05, 0.1) is 24.8 Å². The molecule has 7 nitrogen and oxygen atoms in total. The topological polar surface area (TPSA) is 104 Å². The van der Waals surface area contributed by atoms with E-state index in [-0.39, 0.29) is 18.0 Å². The molecule has 0 unspecified atom stereocenters. The van der Waals surface area contributed by atoms with E-state index in [0.717, 1.165) is 0 Å². The van der Waals surface area contributed by atoms with Crippen molar-refractivity contribution in [1.82, 2.24) is 4.98 Å². The van der Waals surface area contributed by atoms with Crippen LogP contribution in [0.1, 0.15) is 5.89 Å². The Hall–Kier alpha value is -2.41. The Labute approximate surface area is 102 Å². The van der Waals surface area contributed by atoms with E-state index in [1.807, 2.05) is 0 Å². The fraction of sp³-hybridized carbons (Fsp3) is 0.182. The first-order valence-corrected chi connectivity index (χ1v) is 5.13. The van der Waals surface area contributed by atoms with E-state index in [2.05, 4.69) is 4.98 Å². The molecule has 0 fully saturated rings. The summed E-state index contributed by atoms with van der Waals surface area (Å²) in [5, 5.41) is 10.8. The minimum Gasteiger partial charge on any atom is -0.490 e. The molecule has 18 heavy (non-hydrogen) atoms. The smallest absolute Gasteiger partial charge is 0.310 e. The normalized spacial score (nSPS) is 10.3. The van der Waals surface area contributed by atoms with E-state index in [9.17, 15) is 10.1 Å². The molecule has 2 aromatic rings. The maximum absolute atomic E-state index is 10.8. The van der Waals surface area contributed by atoms with E-state index in [1.54, 1.807) is 6.07 Å². The minimum absolute atomic E-state index is 0.0974. The highest BCUT2D eigenvalue weighted by Gasteiger charge is 2.16. The number of nitrogens with zero attached hydrogens (tertiary/aromatic N) is 2. The van der Waals surface area contributed by atoms with Gasteiger partial charge in [-0.15, -0.1) is 0 Å². The Morgan fingerprint density at radius 3 is 2.89 bits per heavy atom. The van der Waals surface area contributed by atoms with Crippen LogP contribution in [0, 0.1) is 10.1 Å². The molecule has 0 spiro atoms. The largest absolute Gasteiger partial charge is 0.490 e. The average molecular weight is 249 g/mol. The van der Waals surface area contributed by atoms with Crippen LogP contribution in [0.3, 0.4) is 0 Å². The summed E-state index contributed by atoms with van der Waals surface area (Å²) in [5.41, 5.74) is 5.94. The molecule has 0 aliphatic heterocycles. The molecule has 0 aliphatic carbocycles. The quantitative estimate of drug-likeness (QED) is 0.653. The third kappa shape index (κ3) is 2.16. The number of hydrogen-bond donors (Lipinski definition) is 1. The Bertz CT molecular complexity index is 579. The molecule has 2 N–H and O–H groups in total. The van der Waals surface area contributed by atoms with Crippen molar-refractivity contribution in [2.75, 3.05) is 7.11 Å². The molecule has 2 rings (SSSR count). The number of hydrogen-bond acceptors (Lipinski definition) is 6.